The number of alkyl carbamates (subject to hydrolysis) is 2. The van der Waals surface area contributed by atoms with Crippen molar-refractivity contribution in [1.82, 2.24) is 20.9 Å². The molecule has 9 nitrogen and oxygen atoms in total. The highest BCUT2D eigenvalue weighted by Crippen LogP contribution is 2.44. The van der Waals surface area contributed by atoms with Crippen LogP contribution in [0.4, 0.5) is 9.59 Å². The monoisotopic (exact) mass is 610 g/mol. The van der Waals surface area contributed by atoms with E-state index in [1.165, 1.54) is 0 Å². The normalized spacial score (nSPS) is 13.0. The fraction of sp³-hybridized carbons (Fsp3) is 0.361. The first kappa shape index (κ1) is 31.6. The Bertz CT molecular complexity index is 1590. The predicted octanol–water partition coefficient (Wildman–Crippen LogP) is 6.43. The van der Waals surface area contributed by atoms with E-state index in [0.717, 1.165) is 38.7 Å². The van der Waals surface area contributed by atoms with Crippen molar-refractivity contribution in [3.05, 3.63) is 95.7 Å². The van der Waals surface area contributed by atoms with Crippen molar-refractivity contribution in [1.29, 1.82) is 0 Å². The molecule has 0 aliphatic heterocycles. The lowest BCUT2D eigenvalue weighted by atomic mass is 9.98. The molecule has 0 fully saturated rings. The molecule has 0 saturated heterocycles. The zero-order valence-corrected chi connectivity index (χ0v) is 26.2. The van der Waals surface area contributed by atoms with Crippen molar-refractivity contribution in [3.63, 3.8) is 0 Å². The molecule has 1 aromatic heterocycles. The lowest BCUT2D eigenvalue weighted by molar-refractivity contribution is -0.123. The van der Waals surface area contributed by atoms with Gasteiger partial charge in [0.2, 0.25) is 5.91 Å². The predicted molar refractivity (Wildman–Crippen MR) is 175 cm³/mol. The Morgan fingerprint density at radius 1 is 0.822 bits per heavy atom. The maximum atomic E-state index is 13.3. The molecule has 4 N–H and O–H groups in total. The number of carbonyl (C=O) groups is 3. The fourth-order valence-corrected chi connectivity index (χ4v) is 5.81. The Morgan fingerprint density at radius 2 is 1.49 bits per heavy atom. The molecule has 3 aromatic carbocycles. The molecule has 45 heavy (non-hydrogen) atoms. The highest BCUT2D eigenvalue weighted by atomic mass is 16.6. The van der Waals surface area contributed by atoms with Crippen LogP contribution < -0.4 is 16.0 Å². The first-order valence-electron chi connectivity index (χ1n) is 15.6. The van der Waals surface area contributed by atoms with E-state index in [2.05, 4.69) is 51.3 Å². The maximum Gasteiger partial charge on any atom is 0.407 e. The minimum atomic E-state index is -0.787. The van der Waals surface area contributed by atoms with Gasteiger partial charge in [-0.05, 0) is 80.3 Å². The molecule has 1 aliphatic carbocycles. The Balaban J connectivity index is 1.16. The van der Waals surface area contributed by atoms with Gasteiger partial charge in [-0.3, -0.25) is 4.79 Å². The van der Waals surface area contributed by atoms with E-state index >= 15 is 0 Å². The van der Waals surface area contributed by atoms with Gasteiger partial charge in [-0.15, -0.1) is 0 Å². The number of hydrogen-bond acceptors (Lipinski definition) is 5. The summed E-state index contributed by atoms with van der Waals surface area (Å²) in [5.41, 5.74) is 6.12. The molecule has 5 rings (SSSR count). The fourth-order valence-electron chi connectivity index (χ4n) is 5.81. The second-order valence-electron chi connectivity index (χ2n) is 12.3. The number of aromatic amines is 1. The van der Waals surface area contributed by atoms with Crippen molar-refractivity contribution in [2.45, 2.75) is 64.0 Å². The van der Waals surface area contributed by atoms with E-state index in [4.69, 9.17) is 9.47 Å². The van der Waals surface area contributed by atoms with E-state index in [1.807, 2.05) is 69.4 Å². The second-order valence-corrected chi connectivity index (χ2v) is 12.3. The molecule has 1 aliphatic rings. The molecule has 0 unspecified atom stereocenters. The van der Waals surface area contributed by atoms with Crippen LogP contribution in [0.2, 0.25) is 0 Å². The van der Waals surface area contributed by atoms with Crippen molar-refractivity contribution in [2.75, 3.05) is 19.7 Å². The number of nitrogens with one attached hydrogen (secondary N) is 4. The lowest BCUT2D eigenvalue weighted by Gasteiger charge is -2.21. The Labute approximate surface area is 264 Å². The Morgan fingerprint density at radius 3 is 2.20 bits per heavy atom. The van der Waals surface area contributed by atoms with Crippen LogP contribution in [-0.2, 0) is 20.7 Å². The van der Waals surface area contributed by atoms with Gasteiger partial charge in [0.15, 0.2) is 0 Å². The highest BCUT2D eigenvalue weighted by molar-refractivity contribution is 5.86. The SMILES string of the molecule is CC(C)(C)OC(=O)NCCCC[C@H](NC(=O)OCC1c2ccccc2-c2ccccc21)C(=O)NCCc1c[nH]c2ccccc12. The highest BCUT2D eigenvalue weighted by Gasteiger charge is 2.30. The van der Waals surface area contributed by atoms with Crippen LogP contribution >= 0.6 is 0 Å². The number of rotatable bonds is 12. The van der Waals surface area contributed by atoms with Crippen LogP contribution in [0.1, 0.15) is 62.6 Å². The quantitative estimate of drug-likeness (QED) is 0.138. The van der Waals surface area contributed by atoms with E-state index in [9.17, 15) is 14.4 Å². The number of fused-ring (bicyclic) bond motifs is 4. The zero-order valence-electron chi connectivity index (χ0n) is 26.2. The van der Waals surface area contributed by atoms with Gasteiger partial charge < -0.3 is 30.4 Å². The van der Waals surface area contributed by atoms with E-state index < -0.39 is 23.8 Å². The second kappa shape index (κ2) is 14.3. The van der Waals surface area contributed by atoms with Crippen molar-refractivity contribution in [3.8, 4) is 11.1 Å². The molecule has 0 saturated carbocycles. The number of H-pyrrole nitrogens is 1. The van der Waals surface area contributed by atoms with Gasteiger partial charge in [0.1, 0.15) is 18.2 Å². The summed E-state index contributed by atoms with van der Waals surface area (Å²) in [6, 6.07) is 23.6. The molecule has 1 heterocycles. The average Bonchev–Trinajstić information content (AvgIpc) is 3.57. The number of hydrogen-bond donors (Lipinski definition) is 4. The van der Waals surface area contributed by atoms with Crippen LogP contribution in [0, 0.1) is 0 Å². The van der Waals surface area contributed by atoms with E-state index in [-0.39, 0.29) is 18.4 Å². The molecule has 0 spiro atoms. The molecular formula is C36H42N4O5. The maximum absolute atomic E-state index is 13.3. The van der Waals surface area contributed by atoms with Gasteiger partial charge in [0.05, 0.1) is 0 Å². The third-order valence-corrected chi connectivity index (χ3v) is 7.91. The minimum absolute atomic E-state index is 0.0782. The third kappa shape index (κ3) is 8.23. The average molecular weight is 611 g/mol. The number of unbranched alkanes of at least 4 members (excludes halogenated alkanes) is 1. The summed E-state index contributed by atoms with van der Waals surface area (Å²) in [5.74, 6) is -0.353. The first-order chi connectivity index (χ1) is 21.7. The van der Waals surface area contributed by atoms with Crippen LogP contribution in [0.3, 0.4) is 0 Å². The summed E-state index contributed by atoms with van der Waals surface area (Å²) < 4.78 is 11.0. The summed E-state index contributed by atoms with van der Waals surface area (Å²) in [4.78, 5) is 41.6. The van der Waals surface area contributed by atoms with Crippen molar-refractivity contribution < 1.29 is 23.9 Å². The number of aromatic nitrogens is 1. The molecular weight excluding hydrogens is 568 g/mol. The number of carbonyl (C=O) groups excluding carboxylic acids is 3. The third-order valence-electron chi connectivity index (χ3n) is 7.91. The summed E-state index contributed by atoms with van der Waals surface area (Å²) in [6.07, 6.45) is 3.09. The standard InChI is InChI=1S/C36H42N4O5/c1-36(2,3)45-34(42)38-20-11-10-18-32(33(41)37-21-19-24-22-39-31-17-9-8-12-25(24)31)40-35(43)44-23-30-28-15-6-4-13-26(28)27-14-5-7-16-29(27)30/h4-9,12-17,22,30,32,39H,10-11,18-21,23H2,1-3H3,(H,37,41)(H,38,42)(H,40,43)/t32-/m0/s1. The van der Waals surface area contributed by atoms with E-state index in [0.29, 0.717) is 38.8 Å². The first-order valence-corrected chi connectivity index (χ1v) is 15.6. The summed E-state index contributed by atoms with van der Waals surface area (Å²) >= 11 is 0. The van der Waals surface area contributed by atoms with Crippen molar-refractivity contribution in [2.24, 2.45) is 0 Å². The molecule has 3 amide bonds. The van der Waals surface area contributed by atoms with Gasteiger partial charge in [-0.25, -0.2) is 9.59 Å². The zero-order chi connectivity index (χ0) is 31.8. The molecule has 236 valence electrons. The lowest BCUT2D eigenvalue weighted by Crippen LogP contribution is -2.47. The number of amides is 3. The Hall–Kier alpha value is -4.79. The van der Waals surface area contributed by atoms with Crippen LogP contribution in [0.15, 0.2) is 79.0 Å². The largest absolute Gasteiger partial charge is 0.449 e. The Kier molecular flexibility index (Phi) is 10.1. The molecule has 9 heteroatoms. The molecule has 1 atom stereocenters. The van der Waals surface area contributed by atoms with Crippen molar-refractivity contribution >= 4 is 29.0 Å². The van der Waals surface area contributed by atoms with Gasteiger partial charge in [-0.2, -0.15) is 0 Å². The number of ether oxygens (including phenoxy) is 2. The van der Waals surface area contributed by atoms with Crippen LogP contribution in [0.25, 0.3) is 22.0 Å². The van der Waals surface area contributed by atoms with Gasteiger partial charge in [0.25, 0.3) is 0 Å². The molecule has 4 aromatic rings. The summed E-state index contributed by atoms with van der Waals surface area (Å²) in [7, 11) is 0. The summed E-state index contributed by atoms with van der Waals surface area (Å²) in [5, 5.41) is 9.65. The van der Waals surface area contributed by atoms with Gasteiger partial charge in [0, 0.05) is 36.1 Å². The smallest absolute Gasteiger partial charge is 0.407 e. The van der Waals surface area contributed by atoms with Gasteiger partial charge >= 0.3 is 12.2 Å². The topological polar surface area (TPSA) is 122 Å². The molecule has 0 radical (unpaired) electrons. The molecule has 0 bridgehead atoms. The minimum Gasteiger partial charge on any atom is -0.449 e. The summed E-state index contributed by atoms with van der Waals surface area (Å²) in [6.45, 7) is 6.41. The van der Waals surface area contributed by atoms with Crippen LogP contribution in [-0.4, -0.2) is 54.4 Å². The van der Waals surface area contributed by atoms with Gasteiger partial charge in [-0.1, -0.05) is 66.7 Å². The number of benzene rings is 3. The number of para-hydroxylation sites is 1. The van der Waals surface area contributed by atoms with Crippen LogP contribution in [0.5, 0.6) is 0 Å². The van der Waals surface area contributed by atoms with E-state index in [1.54, 1.807) is 0 Å².